The number of hydrogen-bond acceptors (Lipinski definition) is 3. The van der Waals surface area contributed by atoms with E-state index in [0.717, 1.165) is 12.1 Å². The van der Waals surface area contributed by atoms with Crippen LogP contribution in [0.1, 0.15) is 5.56 Å². The normalized spacial score (nSPS) is 10.5. The molecule has 1 aromatic carbocycles. The van der Waals surface area contributed by atoms with Crippen LogP contribution in [0.15, 0.2) is 47.4 Å². The Morgan fingerprint density at radius 2 is 2.15 bits per heavy atom. The molecule has 0 aliphatic rings. The largest absolute Gasteiger partial charge is 0.490 e. The van der Waals surface area contributed by atoms with Gasteiger partial charge >= 0.3 is 0 Å². The highest BCUT2D eigenvalue weighted by Crippen LogP contribution is 2.25. The SMILES string of the molecule is CNCc1ccc(OCCn2ccccc2=O)c(Cl)c1. The lowest BCUT2D eigenvalue weighted by Gasteiger charge is -2.10. The van der Waals surface area contributed by atoms with Crippen LogP contribution in [0, 0.1) is 0 Å². The highest BCUT2D eigenvalue weighted by molar-refractivity contribution is 6.32. The molecule has 0 unspecified atom stereocenters. The lowest BCUT2D eigenvalue weighted by atomic mass is 10.2. The molecule has 0 aliphatic heterocycles. The van der Waals surface area contributed by atoms with E-state index in [1.165, 1.54) is 6.07 Å². The van der Waals surface area contributed by atoms with E-state index < -0.39 is 0 Å². The molecule has 0 radical (unpaired) electrons. The molecule has 106 valence electrons. The summed E-state index contributed by atoms with van der Waals surface area (Å²) in [4.78, 5) is 11.5. The van der Waals surface area contributed by atoms with E-state index in [-0.39, 0.29) is 5.56 Å². The maximum absolute atomic E-state index is 11.5. The van der Waals surface area contributed by atoms with Gasteiger partial charge in [0.15, 0.2) is 0 Å². The van der Waals surface area contributed by atoms with Crippen LogP contribution in [0.4, 0.5) is 0 Å². The summed E-state index contributed by atoms with van der Waals surface area (Å²) in [5.74, 6) is 0.635. The minimum Gasteiger partial charge on any atom is -0.490 e. The molecule has 1 N–H and O–H groups in total. The first-order valence-corrected chi connectivity index (χ1v) is 6.80. The monoisotopic (exact) mass is 292 g/mol. The molecule has 0 fully saturated rings. The number of hydrogen-bond donors (Lipinski definition) is 1. The average Bonchev–Trinajstić information content (AvgIpc) is 2.43. The number of nitrogens with one attached hydrogen (secondary N) is 1. The summed E-state index contributed by atoms with van der Waals surface area (Å²) in [6, 6.07) is 10.8. The van der Waals surface area contributed by atoms with Gasteiger partial charge in [0.1, 0.15) is 12.4 Å². The number of benzene rings is 1. The standard InChI is InChI=1S/C15H17ClN2O2/c1-17-11-12-5-6-14(13(16)10-12)20-9-8-18-7-3-2-4-15(18)19/h2-7,10,17H,8-9,11H2,1H3. The van der Waals surface area contributed by atoms with Gasteiger partial charge in [-0.15, -0.1) is 0 Å². The Balaban J connectivity index is 1.94. The molecule has 0 atom stereocenters. The minimum absolute atomic E-state index is 0.0356. The number of pyridine rings is 1. The second-order valence-corrected chi connectivity index (χ2v) is 4.78. The van der Waals surface area contributed by atoms with Crippen LogP contribution in [0.2, 0.25) is 5.02 Å². The van der Waals surface area contributed by atoms with Gasteiger partial charge in [-0.2, -0.15) is 0 Å². The Labute approximate surface area is 123 Å². The minimum atomic E-state index is -0.0356. The highest BCUT2D eigenvalue weighted by atomic mass is 35.5. The van der Waals surface area contributed by atoms with Gasteiger partial charge in [-0.05, 0) is 30.8 Å². The predicted molar refractivity (Wildman–Crippen MR) is 80.4 cm³/mol. The molecule has 4 nitrogen and oxygen atoms in total. The lowest BCUT2D eigenvalue weighted by molar-refractivity contribution is 0.296. The number of ether oxygens (including phenoxy) is 1. The molecule has 0 amide bonds. The van der Waals surface area contributed by atoms with Crippen LogP contribution in [-0.2, 0) is 13.1 Å². The average molecular weight is 293 g/mol. The Morgan fingerprint density at radius 1 is 1.30 bits per heavy atom. The Kier molecular flexibility index (Phi) is 5.21. The van der Waals surface area contributed by atoms with Crippen molar-refractivity contribution in [3.05, 3.63) is 63.5 Å². The number of rotatable bonds is 6. The molecule has 1 heterocycles. The van der Waals surface area contributed by atoms with Crippen molar-refractivity contribution >= 4 is 11.6 Å². The Bertz CT molecular complexity index is 625. The van der Waals surface area contributed by atoms with Crippen molar-refractivity contribution in [2.75, 3.05) is 13.7 Å². The van der Waals surface area contributed by atoms with Crippen LogP contribution in [0.5, 0.6) is 5.75 Å². The third-order valence-corrected chi connectivity index (χ3v) is 3.16. The zero-order chi connectivity index (χ0) is 14.4. The van der Waals surface area contributed by atoms with Crippen LogP contribution < -0.4 is 15.6 Å². The highest BCUT2D eigenvalue weighted by Gasteiger charge is 2.03. The summed E-state index contributed by atoms with van der Waals surface area (Å²) in [7, 11) is 1.88. The molecule has 20 heavy (non-hydrogen) atoms. The number of nitrogens with zero attached hydrogens (tertiary/aromatic N) is 1. The second-order valence-electron chi connectivity index (χ2n) is 4.38. The van der Waals surface area contributed by atoms with Gasteiger partial charge in [0.05, 0.1) is 11.6 Å². The fourth-order valence-corrected chi connectivity index (χ4v) is 2.13. The van der Waals surface area contributed by atoms with Gasteiger partial charge in [-0.3, -0.25) is 4.79 Å². The van der Waals surface area contributed by atoms with Crippen LogP contribution >= 0.6 is 11.6 Å². The fraction of sp³-hybridized carbons (Fsp3) is 0.267. The van der Waals surface area contributed by atoms with E-state index in [9.17, 15) is 4.79 Å². The first-order valence-electron chi connectivity index (χ1n) is 6.42. The van der Waals surface area contributed by atoms with Crippen LogP contribution in [0.3, 0.4) is 0 Å². The molecular weight excluding hydrogens is 276 g/mol. The van der Waals surface area contributed by atoms with Crippen molar-refractivity contribution in [3.63, 3.8) is 0 Å². The maximum Gasteiger partial charge on any atom is 0.250 e. The topological polar surface area (TPSA) is 43.3 Å². The van der Waals surface area contributed by atoms with E-state index in [4.69, 9.17) is 16.3 Å². The molecule has 0 saturated carbocycles. The van der Waals surface area contributed by atoms with Crippen molar-refractivity contribution in [1.82, 2.24) is 9.88 Å². The van der Waals surface area contributed by atoms with Gasteiger partial charge < -0.3 is 14.6 Å². The first-order chi connectivity index (χ1) is 9.70. The number of aromatic nitrogens is 1. The summed E-state index contributed by atoms with van der Waals surface area (Å²) in [6.07, 6.45) is 1.74. The van der Waals surface area contributed by atoms with Crippen molar-refractivity contribution in [2.45, 2.75) is 13.1 Å². The Hall–Kier alpha value is -1.78. The third-order valence-electron chi connectivity index (χ3n) is 2.87. The molecular formula is C15H17ClN2O2. The summed E-state index contributed by atoms with van der Waals surface area (Å²) in [5, 5.41) is 3.65. The Morgan fingerprint density at radius 3 is 2.85 bits per heavy atom. The molecule has 2 aromatic rings. The summed E-state index contributed by atoms with van der Waals surface area (Å²) >= 11 is 6.16. The van der Waals surface area contributed by atoms with Crippen molar-refractivity contribution in [1.29, 1.82) is 0 Å². The fourth-order valence-electron chi connectivity index (χ4n) is 1.87. The van der Waals surface area contributed by atoms with E-state index in [1.54, 1.807) is 16.8 Å². The lowest BCUT2D eigenvalue weighted by Crippen LogP contribution is -2.21. The molecule has 1 aromatic heterocycles. The quantitative estimate of drug-likeness (QED) is 0.888. The van der Waals surface area contributed by atoms with Gasteiger partial charge in [0.2, 0.25) is 0 Å². The number of halogens is 1. The van der Waals surface area contributed by atoms with Crippen molar-refractivity contribution in [3.8, 4) is 5.75 Å². The smallest absolute Gasteiger partial charge is 0.250 e. The van der Waals surface area contributed by atoms with E-state index in [2.05, 4.69) is 5.32 Å². The molecule has 2 rings (SSSR count). The van der Waals surface area contributed by atoms with E-state index in [1.807, 2.05) is 31.3 Å². The summed E-state index contributed by atoms with van der Waals surface area (Å²) in [6.45, 7) is 1.66. The van der Waals surface area contributed by atoms with Gasteiger partial charge in [0.25, 0.3) is 5.56 Å². The van der Waals surface area contributed by atoms with E-state index in [0.29, 0.717) is 23.9 Å². The zero-order valence-corrected chi connectivity index (χ0v) is 12.1. The van der Waals surface area contributed by atoms with Gasteiger partial charge in [-0.25, -0.2) is 0 Å². The first kappa shape index (κ1) is 14.6. The van der Waals surface area contributed by atoms with Crippen molar-refractivity contribution in [2.24, 2.45) is 0 Å². The third kappa shape index (κ3) is 3.85. The summed E-state index contributed by atoms with van der Waals surface area (Å²) in [5.41, 5.74) is 1.07. The molecule has 0 saturated heterocycles. The molecule has 5 heteroatoms. The molecule has 0 aliphatic carbocycles. The van der Waals surface area contributed by atoms with Gasteiger partial charge in [0, 0.05) is 18.8 Å². The molecule has 0 bridgehead atoms. The summed E-state index contributed by atoms with van der Waals surface area (Å²) < 4.78 is 7.22. The second kappa shape index (κ2) is 7.12. The van der Waals surface area contributed by atoms with Crippen molar-refractivity contribution < 1.29 is 4.74 Å². The van der Waals surface area contributed by atoms with E-state index >= 15 is 0 Å². The van der Waals surface area contributed by atoms with Crippen LogP contribution in [-0.4, -0.2) is 18.2 Å². The zero-order valence-electron chi connectivity index (χ0n) is 11.3. The maximum atomic E-state index is 11.5. The predicted octanol–water partition coefficient (Wildman–Crippen LogP) is 2.30. The van der Waals surface area contributed by atoms with Gasteiger partial charge in [-0.1, -0.05) is 23.7 Å². The van der Waals surface area contributed by atoms with Crippen LogP contribution in [0.25, 0.3) is 0 Å². The molecule has 0 spiro atoms.